The van der Waals surface area contributed by atoms with Crippen molar-refractivity contribution in [3.05, 3.63) is 64.7 Å². The van der Waals surface area contributed by atoms with E-state index in [-0.39, 0.29) is 18.9 Å². The predicted octanol–water partition coefficient (Wildman–Crippen LogP) is 2.28. The molecule has 0 aliphatic carbocycles. The van der Waals surface area contributed by atoms with Crippen molar-refractivity contribution < 1.29 is 19.1 Å². The number of anilines is 1. The fourth-order valence-corrected chi connectivity index (χ4v) is 4.19. The zero-order chi connectivity index (χ0) is 22.0. The van der Waals surface area contributed by atoms with Gasteiger partial charge in [-0.15, -0.1) is 0 Å². The van der Waals surface area contributed by atoms with Gasteiger partial charge in [-0.2, -0.15) is 0 Å². The van der Waals surface area contributed by atoms with Crippen LogP contribution in [0.2, 0.25) is 5.02 Å². The topological polar surface area (TPSA) is 79.0 Å². The van der Waals surface area contributed by atoms with Gasteiger partial charge < -0.3 is 19.9 Å². The quantitative estimate of drug-likeness (QED) is 0.736. The van der Waals surface area contributed by atoms with Crippen LogP contribution in [0.25, 0.3) is 0 Å². The van der Waals surface area contributed by atoms with Crippen molar-refractivity contribution in [1.29, 1.82) is 0 Å². The minimum atomic E-state index is -1.34. The van der Waals surface area contributed by atoms with Crippen molar-refractivity contribution in [2.24, 2.45) is 0 Å². The summed E-state index contributed by atoms with van der Waals surface area (Å²) in [5.41, 5.74) is 0.929. The Morgan fingerprint density at radius 3 is 2.58 bits per heavy atom. The molecule has 162 valence electrons. The molecule has 0 bridgehead atoms. The average Bonchev–Trinajstić information content (AvgIpc) is 2.77. The van der Waals surface area contributed by atoms with Crippen LogP contribution in [0.15, 0.2) is 48.5 Å². The van der Waals surface area contributed by atoms with Crippen LogP contribution in [0.5, 0.6) is 0 Å². The van der Waals surface area contributed by atoms with E-state index in [2.05, 4.69) is 10.2 Å². The maximum absolute atomic E-state index is 12.8. The minimum Gasteiger partial charge on any atom is -0.445 e. The molecule has 2 amide bonds. The van der Waals surface area contributed by atoms with Crippen LogP contribution in [-0.4, -0.2) is 61.0 Å². The number of amides is 2. The molecule has 1 saturated heterocycles. The summed E-state index contributed by atoms with van der Waals surface area (Å²) < 4.78 is 5.42. The number of nitrogens with zero attached hydrogens (tertiary/aromatic N) is 2. The van der Waals surface area contributed by atoms with Gasteiger partial charge in [0, 0.05) is 43.3 Å². The van der Waals surface area contributed by atoms with E-state index in [9.17, 15) is 14.4 Å². The number of piperazine rings is 1. The minimum absolute atomic E-state index is 0.134. The Labute approximate surface area is 185 Å². The molecule has 2 heterocycles. The number of halogens is 1. The summed E-state index contributed by atoms with van der Waals surface area (Å²) in [7, 11) is 0. The smallest absolute Gasteiger partial charge is 0.339 e. The van der Waals surface area contributed by atoms with Gasteiger partial charge in [-0.25, -0.2) is 4.79 Å². The molecular weight excluding hydrogens is 418 g/mol. The first kappa shape index (κ1) is 21.2. The number of hydrogen-bond acceptors (Lipinski definition) is 5. The summed E-state index contributed by atoms with van der Waals surface area (Å²) in [4.78, 5) is 41.5. The summed E-state index contributed by atoms with van der Waals surface area (Å²) in [5.74, 6) is -1.16. The molecule has 0 saturated carbocycles. The van der Waals surface area contributed by atoms with E-state index in [1.807, 2.05) is 36.4 Å². The molecular formula is C23H24ClN3O4. The van der Waals surface area contributed by atoms with E-state index < -0.39 is 17.5 Å². The van der Waals surface area contributed by atoms with Gasteiger partial charge in [0.05, 0.1) is 12.1 Å². The van der Waals surface area contributed by atoms with E-state index in [1.165, 1.54) is 0 Å². The largest absolute Gasteiger partial charge is 0.445 e. The van der Waals surface area contributed by atoms with Crippen LogP contribution in [0.3, 0.4) is 0 Å². The highest BCUT2D eigenvalue weighted by Gasteiger charge is 2.42. The molecule has 2 aliphatic rings. The number of cyclic esters (lactones) is 1. The number of esters is 1. The van der Waals surface area contributed by atoms with E-state index in [0.717, 1.165) is 11.3 Å². The second kappa shape index (κ2) is 8.59. The second-order valence-corrected chi connectivity index (χ2v) is 8.42. The Morgan fingerprint density at radius 1 is 1.10 bits per heavy atom. The van der Waals surface area contributed by atoms with Gasteiger partial charge >= 0.3 is 5.97 Å². The molecule has 1 atom stereocenters. The van der Waals surface area contributed by atoms with Crippen LogP contribution in [0.1, 0.15) is 22.8 Å². The number of nitrogens with one attached hydrogen (secondary N) is 1. The number of hydrogen-bond donors (Lipinski definition) is 1. The highest BCUT2D eigenvalue weighted by atomic mass is 35.5. The third-order valence-electron chi connectivity index (χ3n) is 5.77. The van der Waals surface area contributed by atoms with Crippen molar-refractivity contribution in [2.75, 3.05) is 37.6 Å². The number of ether oxygens (including phenoxy) is 1. The van der Waals surface area contributed by atoms with E-state index in [1.54, 1.807) is 24.0 Å². The molecule has 2 aliphatic heterocycles. The molecule has 1 fully saturated rings. The van der Waals surface area contributed by atoms with Crippen LogP contribution >= 0.6 is 11.6 Å². The standard InChI is InChI=1S/C23H24ClN3O4/c1-23(14-16-5-2-3-8-19(16)21(29)31-23)22(30)25-15-20(28)27-11-9-26(10-12-27)18-7-4-6-17(24)13-18/h2-8,13H,9-12,14-15H2,1H3,(H,25,30). The lowest BCUT2D eigenvalue weighted by atomic mass is 9.89. The first-order chi connectivity index (χ1) is 14.9. The number of fused-ring (bicyclic) bond motifs is 1. The van der Waals surface area contributed by atoms with Crippen molar-refractivity contribution in [3.8, 4) is 0 Å². The normalized spacial score (nSPS) is 20.6. The zero-order valence-corrected chi connectivity index (χ0v) is 18.0. The van der Waals surface area contributed by atoms with Gasteiger partial charge in [-0.3, -0.25) is 9.59 Å². The number of benzene rings is 2. The van der Waals surface area contributed by atoms with Gasteiger partial charge in [0.1, 0.15) is 0 Å². The molecule has 2 aromatic rings. The van der Waals surface area contributed by atoms with Gasteiger partial charge in [0.2, 0.25) is 5.91 Å². The van der Waals surface area contributed by atoms with E-state index >= 15 is 0 Å². The SMILES string of the molecule is CC1(C(=O)NCC(=O)N2CCN(c3cccc(Cl)c3)CC2)Cc2ccccc2C(=O)O1. The first-order valence-corrected chi connectivity index (χ1v) is 10.6. The van der Waals surface area contributed by atoms with Crippen molar-refractivity contribution in [2.45, 2.75) is 18.9 Å². The lowest BCUT2D eigenvalue weighted by Gasteiger charge is -2.36. The Morgan fingerprint density at radius 2 is 1.84 bits per heavy atom. The fraction of sp³-hybridized carbons (Fsp3) is 0.348. The van der Waals surface area contributed by atoms with E-state index in [4.69, 9.17) is 16.3 Å². The molecule has 0 spiro atoms. The van der Waals surface area contributed by atoms with Gasteiger partial charge in [-0.05, 0) is 36.8 Å². The Balaban J connectivity index is 1.30. The van der Waals surface area contributed by atoms with Crippen molar-refractivity contribution >= 4 is 35.1 Å². The molecule has 1 unspecified atom stereocenters. The molecule has 31 heavy (non-hydrogen) atoms. The first-order valence-electron chi connectivity index (χ1n) is 10.2. The monoisotopic (exact) mass is 441 g/mol. The summed E-state index contributed by atoms with van der Waals surface area (Å²) in [6.07, 6.45) is 0.271. The highest BCUT2D eigenvalue weighted by Crippen LogP contribution is 2.28. The Hall–Kier alpha value is -3.06. The van der Waals surface area contributed by atoms with Crippen LogP contribution in [-0.2, 0) is 20.7 Å². The van der Waals surface area contributed by atoms with E-state index in [0.29, 0.717) is 36.8 Å². The molecule has 4 rings (SSSR count). The molecule has 8 heteroatoms. The predicted molar refractivity (Wildman–Crippen MR) is 117 cm³/mol. The average molecular weight is 442 g/mol. The second-order valence-electron chi connectivity index (χ2n) is 7.98. The van der Waals surface area contributed by atoms with Gasteiger partial charge in [-0.1, -0.05) is 35.9 Å². The molecule has 0 radical (unpaired) electrons. The lowest BCUT2D eigenvalue weighted by molar-refractivity contribution is -0.142. The number of carbonyl (C=O) groups is 3. The van der Waals surface area contributed by atoms with Crippen LogP contribution in [0, 0.1) is 0 Å². The van der Waals surface area contributed by atoms with Crippen LogP contribution < -0.4 is 10.2 Å². The number of carbonyl (C=O) groups excluding carboxylic acids is 3. The Bertz CT molecular complexity index is 1020. The summed E-state index contributed by atoms with van der Waals surface area (Å²) in [5, 5.41) is 3.33. The fourth-order valence-electron chi connectivity index (χ4n) is 4.00. The maximum atomic E-state index is 12.8. The molecule has 2 aromatic carbocycles. The lowest BCUT2D eigenvalue weighted by Crippen LogP contribution is -2.55. The third-order valence-corrected chi connectivity index (χ3v) is 6.00. The molecule has 7 nitrogen and oxygen atoms in total. The molecule has 0 aromatic heterocycles. The highest BCUT2D eigenvalue weighted by molar-refractivity contribution is 6.30. The van der Waals surface area contributed by atoms with Crippen molar-refractivity contribution in [1.82, 2.24) is 10.2 Å². The summed E-state index contributed by atoms with van der Waals surface area (Å²) in [6, 6.07) is 14.7. The zero-order valence-electron chi connectivity index (χ0n) is 17.3. The summed E-state index contributed by atoms with van der Waals surface area (Å²) >= 11 is 6.06. The molecule has 1 N–H and O–H groups in total. The van der Waals surface area contributed by atoms with Crippen LogP contribution in [0.4, 0.5) is 5.69 Å². The summed E-state index contributed by atoms with van der Waals surface area (Å²) in [6.45, 7) is 3.93. The van der Waals surface area contributed by atoms with Crippen molar-refractivity contribution in [3.63, 3.8) is 0 Å². The Kier molecular flexibility index (Phi) is 5.87. The van der Waals surface area contributed by atoms with Gasteiger partial charge in [0.25, 0.3) is 5.91 Å². The maximum Gasteiger partial charge on any atom is 0.339 e. The third kappa shape index (κ3) is 4.51. The number of rotatable bonds is 4. The van der Waals surface area contributed by atoms with Gasteiger partial charge in [0.15, 0.2) is 5.60 Å².